The van der Waals surface area contributed by atoms with Crippen molar-refractivity contribution >= 4 is 29.1 Å². The molecule has 2 amide bonds. The Balaban J connectivity index is 1.67. The fourth-order valence-electron chi connectivity index (χ4n) is 2.89. The normalized spacial score (nSPS) is 17.4. The minimum Gasteiger partial charge on any atom is -0.339 e. The number of hydrogen-bond donors (Lipinski definition) is 1. The van der Waals surface area contributed by atoms with Crippen LogP contribution in [0.3, 0.4) is 0 Å². The number of rotatable bonds is 2. The number of piperidine rings is 1. The molecule has 8 heteroatoms. The Hall–Kier alpha value is -2.41. The van der Waals surface area contributed by atoms with Crippen molar-refractivity contribution in [1.29, 1.82) is 0 Å². The summed E-state index contributed by atoms with van der Waals surface area (Å²) in [5.41, 5.74) is 1.37. The highest BCUT2D eigenvalue weighted by Gasteiger charge is 2.31. The molecule has 0 radical (unpaired) electrons. The van der Waals surface area contributed by atoms with Gasteiger partial charge in [-0.2, -0.15) is 4.98 Å². The van der Waals surface area contributed by atoms with Crippen LogP contribution in [0.25, 0.3) is 0 Å². The summed E-state index contributed by atoms with van der Waals surface area (Å²) < 4.78 is 5.20. The van der Waals surface area contributed by atoms with E-state index in [0.717, 1.165) is 18.4 Å². The maximum absolute atomic E-state index is 12.5. The highest BCUT2D eigenvalue weighted by atomic mass is 35.5. The molecule has 0 spiro atoms. The molecule has 1 aliphatic rings. The van der Waals surface area contributed by atoms with Crippen LogP contribution in [0.15, 0.2) is 22.7 Å². The predicted octanol–water partition coefficient (Wildman–Crippen LogP) is 2.68. The highest BCUT2D eigenvalue weighted by Crippen LogP contribution is 2.26. The van der Waals surface area contributed by atoms with Gasteiger partial charge >= 0.3 is 11.8 Å². The Labute approximate surface area is 150 Å². The number of carbonyl (C=O) groups is 2. The van der Waals surface area contributed by atoms with E-state index in [9.17, 15) is 9.59 Å². The van der Waals surface area contributed by atoms with Crippen molar-refractivity contribution in [3.63, 3.8) is 0 Å². The van der Waals surface area contributed by atoms with Crippen LogP contribution in [0.5, 0.6) is 0 Å². The van der Waals surface area contributed by atoms with Gasteiger partial charge < -0.3 is 14.7 Å². The van der Waals surface area contributed by atoms with Crippen LogP contribution in [0.4, 0.5) is 5.69 Å². The molecule has 0 saturated carbocycles. The first-order valence-corrected chi connectivity index (χ1v) is 8.48. The zero-order valence-corrected chi connectivity index (χ0v) is 14.8. The van der Waals surface area contributed by atoms with Crippen LogP contribution in [0.2, 0.25) is 5.02 Å². The molecule has 2 heterocycles. The van der Waals surface area contributed by atoms with E-state index < -0.39 is 11.8 Å². The standard InChI is InChI=1S/C17H19ClN4O3/c1-10-5-6-13(18)8-14(10)20-15(23)17(24)22-7-3-4-12(9-22)16-19-11(2)21-25-16/h5-6,8,12H,3-4,7,9H2,1-2H3,(H,20,23). The number of aromatic nitrogens is 2. The monoisotopic (exact) mass is 362 g/mol. The lowest BCUT2D eigenvalue weighted by atomic mass is 9.98. The molecule has 1 fully saturated rings. The molecule has 25 heavy (non-hydrogen) atoms. The molecule has 1 atom stereocenters. The van der Waals surface area contributed by atoms with E-state index in [1.54, 1.807) is 25.1 Å². The van der Waals surface area contributed by atoms with Crippen molar-refractivity contribution in [3.05, 3.63) is 40.5 Å². The van der Waals surface area contributed by atoms with Crippen LogP contribution in [0.1, 0.15) is 36.0 Å². The van der Waals surface area contributed by atoms with Crippen molar-refractivity contribution in [1.82, 2.24) is 15.0 Å². The van der Waals surface area contributed by atoms with E-state index in [2.05, 4.69) is 15.5 Å². The van der Waals surface area contributed by atoms with Crippen LogP contribution in [-0.2, 0) is 9.59 Å². The number of carbonyl (C=O) groups excluding carboxylic acids is 2. The third kappa shape index (κ3) is 3.99. The van der Waals surface area contributed by atoms with Gasteiger partial charge in [-0.3, -0.25) is 9.59 Å². The maximum atomic E-state index is 12.5. The maximum Gasteiger partial charge on any atom is 0.313 e. The molecule has 0 bridgehead atoms. The third-order valence-electron chi connectivity index (χ3n) is 4.24. The fourth-order valence-corrected chi connectivity index (χ4v) is 3.06. The van der Waals surface area contributed by atoms with Gasteiger partial charge in [0.25, 0.3) is 0 Å². The van der Waals surface area contributed by atoms with E-state index in [0.29, 0.717) is 35.5 Å². The van der Waals surface area contributed by atoms with Crippen molar-refractivity contribution in [2.75, 3.05) is 18.4 Å². The number of halogens is 1. The quantitative estimate of drug-likeness (QED) is 0.830. The van der Waals surface area contributed by atoms with Gasteiger partial charge in [0, 0.05) is 23.8 Å². The molecule has 1 saturated heterocycles. The van der Waals surface area contributed by atoms with Crippen LogP contribution in [-0.4, -0.2) is 39.9 Å². The number of benzene rings is 1. The van der Waals surface area contributed by atoms with Crippen molar-refractivity contribution in [2.45, 2.75) is 32.6 Å². The van der Waals surface area contributed by atoms with Gasteiger partial charge in [-0.25, -0.2) is 0 Å². The number of nitrogens with one attached hydrogen (secondary N) is 1. The SMILES string of the molecule is Cc1noc(C2CCCN(C(=O)C(=O)Nc3cc(Cl)ccc3C)C2)n1. The largest absolute Gasteiger partial charge is 0.339 e. The number of likely N-dealkylation sites (tertiary alicyclic amines) is 1. The number of aryl methyl sites for hydroxylation is 2. The fraction of sp³-hybridized carbons (Fsp3) is 0.412. The van der Waals surface area contributed by atoms with Gasteiger partial charge in [0.15, 0.2) is 5.82 Å². The van der Waals surface area contributed by atoms with E-state index >= 15 is 0 Å². The summed E-state index contributed by atoms with van der Waals surface area (Å²) >= 11 is 5.95. The lowest BCUT2D eigenvalue weighted by molar-refractivity contribution is -0.144. The Bertz CT molecular complexity index is 805. The Kier molecular flexibility index (Phi) is 5.03. The molecule has 7 nitrogen and oxygen atoms in total. The predicted molar refractivity (Wildman–Crippen MR) is 92.4 cm³/mol. The van der Waals surface area contributed by atoms with Crippen molar-refractivity contribution in [3.8, 4) is 0 Å². The van der Waals surface area contributed by atoms with Crippen LogP contribution >= 0.6 is 11.6 Å². The number of amides is 2. The van der Waals surface area contributed by atoms with Gasteiger partial charge in [-0.15, -0.1) is 0 Å². The zero-order valence-electron chi connectivity index (χ0n) is 14.1. The molecule has 1 aliphatic heterocycles. The summed E-state index contributed by atoms with van der Waals surface area (Å²) in [4.78, 5) is 30.6. The van der Waals surface area contributed by atoms with Crippen LogP contribution < -0.4 is 5.32 Å². The van der Waals surface area contributed by atoms with Crippen LogP contribution in [0, 0.1) is 13.8 Å². The number of hydrogen-bond acceptors (Lipinski definition) is 5. The summed E-state index contributed by atoms with van der Waals surface area (Å²) in [5.74, 6) is -0.207. The van der Waals surface area contributed by atoms with Crippen molar-refractivity contribution in [2.24, 2.45) is 0 Å². The molecule has 1 N–H and O–H groups in total. The molecule has 1 aromatic heterocycles. The van der Waals surface area contributed by atoms with E-state index in [-0.39, 0.29) is 5.92 Å². The summed E-state index contributed by atoms with van der Waals surface area (Å²) in [6, 6.07) is 5.15. The summed E-state index contributed by atoms with van der Waals surface area (Å²) in [6.45, 7) is 4.51. The summed E-state index contributed by atoms with van der Waals surface area (Å²) in [7, 11) is 0. The van der Waals surface area contributed by atoms with Gasteiger partial charge in [0.05, 0.1) is 5.92 Å². The van der Waals surface area contributed by atoms with Gasteiger partial charge in [0.1, 0.15) is 0 Å². The number of anilines is 1. The first kappa shape index (κ1) is 17.4. The van der Waals surface area contributed by atoms with E-state index in [1.807, 2.05) is 6.92 Å². The first-order valence-electron chi connectivity index (χ1n) is 8.10. The minimum absolute atomic E-state index is 0.0420. The smallest absolute Gasteiger partial charge is 0.313 e. The molecule has 132 valence electrons. The highest BCUT2D eigenvalue weighted by molar-refractivity contribution is 6.39. The van der Waals surface area contributed by atoms with Gasteiger partial charge in [0.2, 0.25) is 5.89 Å². The lowest BCUT2D eigenvalue weighted by Crippen LogP contribution is -2.44. The molecule has 3 rings (SSSR count). The summed E-state index contributed by atoms with van der Waals surface area (Å²) in [5, 5.41) is 6.93. The number of nitrogens with zero attached hydrogens (tertiary/aromatic N) is 3. The van der Waals surface area contributed by atoms with Gasteiger partial charge in [-0.05, 0) is 44.4 Å². The third-order valence-corrected chi connectivity index (χ3v) is 4.48. The second kappa shape index (κ2) is 7.23. The zero-order chi connectivity index (χ0) is 18.0. The molecular formula is C17H19ClN4O3. The minimum atomic E-state index is -0.673. The first-order chi connectivity index (χ1) is 11.9. The molecule has 1 unspecified atom stereocenters. The van der Waals surface area contributed by atoms with Crippen molar-refractivity contribution < 1.29 is 14.1 Å². The topological polar surface area (TPSA) is 88.3 Å². The molecule has 2 aromatic rings. The summed E-state index contributed by atoms with van der Waals surface area (Å²) in [6.07, 6.45) is 1.63. The Morgan fingerprint density at radius 3 is 2.88 bits per heavy atom. The lowest BCUT2D eigenvalue weighted by Gasteiger charge is -2.30. The molecule has 0 aliphatic carbocycles. The molecular weight excluding hydrogens is 344 g/mol. The Morgan fingerprint density at radius 1 is 1.36 bits per heavy atom. The second-order valence-corrected chi connectivity index (χ2v) is 6.62. The Morgan fingerprint density at radius 2 is 2.16 bits per heavy atom. The van der Waals surface area contributed by atoms with E-state index in [1.165, 1.54) is 4.90 Å². The average Bonchev–Trinajstić information content (AvgIpc) is 3.04. The molecule has 1 aromatic carbocycles. The second-order valence-electron chi connectivity index (χ2n) is 6.18. The van der Waals surface area contributed by atoms with Gasteiger partial charge in [-0.1, -0.05) is 22.8 Å². The average molecular weight is 363 g/mol. The van der Waals surface area contributed by atoms with E-state index in [4.69, 9.17) is 16.1 Å².